The van der Waals surface area contributed by atoms with E-state index in [2.05, 4.69) is 58.0 Å². The van der Waals surface area contributed by atoms with Crippen LogP contribution in [-0.2, 0) is 0 Å². The molecule has 10 nitrogen and oxygen atoms in total. The first kappa shape index (κ1) is 28.6. The van der Waals surface area contributed by atoms with E-state index in [1.807, 2.05) is 38.1 Å². The average molecular weight is 651 g/mol. The fraction of sp³-hybridized carbons (Fsp3) is 0.462. The fourth-order valence-corrected chi connectivity index (χ4v) is 5.48. The van der Waals surface area contributed by atoms with Gasteiger partial charge in [-0.2, -0.15) is 0 Å². The van der Waals surface area contributed by atoms with Crippen molar-refractivity contribution in [2.24, 2.45) is 5.73 Å². The normalized spacial score (nSPS) is 14.9. The molecule has 1 saturated heterocycles. The average Bonchev–Trinajstić information content (AvgIpc) is 3.37. The SMILES string of the molecule is Cc1nc(Nc2ncc(C(=O)Nc3cc([C@H](N)CCCI)ccc3C)s2)cc(N2CCN(CCO)CC2)n1. The fourth-order valence-electron chi connectivity index (χ4n) is 4.32. The van der Waals surface area contributed by atoms with Gasteiger partial charge in [-0.3, -0.25) is 9.69 Å². The van der Waals surface area contributed by atoms with Crippen molar-refractivity contribution in [2.75, 3.05) is 59.3 Å². The molecule has 1 aliphatic heterocycles. The number of aliphatic hydroxyl groups excluding tert-OH is 1. The van der Waals surface area contributed by atoms with Gasteiger partial charge in [0.2, 0.25) is 0 Å². The van der Waals surface area contributed by atoms with E-state index in [9.17, 15) is 9.90 Å². The minimum atomic E-state index is -0.211. The molecule has 38 heavy (non-hydrogen) atoms. The number of β-amino-alcohol motifs (C(OH)–C–C–N with tert-alkyl or cyclic N) is 1. The smallest absolute Gasteiger partial charge is 0.267 e. The molecule has 0 bridgehead atoms. The van der Waals surface area contributed by atoms with Gasteiger partial charge in [-0.1, -0.05) is 46.1 Å². The third-order valence-corrected chi connectivity index (χ3v) is 8.16. The number of piperazine rings is 1. The number of hydrogen-bond donors (Lipinski definition) is 4. The Kier molecular flexibility index (Phi) is 10.2. The Morgan fingerprint density at radius 1 is 1.21 bits per heavy atom. The molecule has 0 spiro atoms. The van der Waals surface area contributed by atoms with Crippen LogP contribution in [0.3, 0.4) is 0 Å². The van der Waals surface area contributed by atoms with E-state index in [0.29, 0.717) is 28.2 Å². The molecule has 3 heterocycles. The number of nitrogens with two attached hydrogens (primary N) is 1. The number of thiazole rings is 1. The van der Waals surface area contributed by atoms with Gasteiger partial charge in [-0.25, -0.2) is 15.0 Å². The van der Waals surface area contributed by atoms with Crippen molar-refractivity contribution in [3.63, 3.8) is 0 Å². The Labute approximate surface area is 241 Å². The van der Waals surface area contributed by atoms with Gasteiger partial charge in [0.05, 0.1) is 12.8 Å². The van der Waals surface area contributed by atoms with Crippen LogP contribution in [0.15, 0.2) is 30.5 Å². The van der Waals surface area contributed by atoms with E-state index < -0.39 is 0 Å². The summed E-state index contributed by atoms with van der Waals surface area (Å²) in [5, 5.41) is 16.0. The lowest BCUT2D eigenvalue weighted by Gasteiger charge is -2.35. The van der Waals surface area contributed by atoms with Gasteiger partial charge >= 0.3 is 0 Å². The van der Waals surface area contributed by atoms with Crippen molar-refractivity contribution < 1.29 is 9.90 Å². The lowest BCUT2D eigenvalue weighted by molar-refractivity contribution is 0.103. The molecule has 1 amide bonds. The molecule has 0 unspecified atom stereocenters. The van der Waals surface area contributed by atoms with E-state index in [-0.39, 0.29) is 18.6 Å². The zero-order valence-electron chi connectivity index (χ0n) is 21.8. The van der Waals surface area contributed by atoms with Gasteiger partial charge in [0.1, 0.15) is 22.3 Å². The largest absolute Gasteiger partial charge is 0.395 e. The van der Waals surface area contributed by atoms with Crippen LogP contribution in [0.4, 0.5) is 22.5 Å². The second-order valence-corrected chi connectivity index (χ2v) is 11.4. The van der Waals surface area contributed by atoms with Crippen LogP contribution in [0.2, 0.25) is 0 Å². The Balaban J connectivity index is 1.41. The summed E-state index contributed by atoms with van der Waals surface area (Å²) in [6.07, 6.45) is 3.54. The molecule has 1 fully saturated rings. The Hall–Kier alpha value is -2.39. The van der Waals surface area contributed by atoms with Crippen molar-refractivity contribution in [2.45, 2.75) is 32.7 Å². The van der Waals surface area contributed by atoms with Crippen LogP contribution in [0.5, 0.6) is 0 Å². The second kappa shape index (κ2) is 13.6. The molecule has 0 radical (unpaired) electrons. The molecule has 5 N–H and O–H groups in total. The van der Waals surface area contributed by atoms with Gasteiger partial charge in [-0.05, 0) is 48.3 Å². The number of nitrogens with zero attached hydrogens (tertiary/aromatic N) is 5. The maximum atomic E-state index is 13.0. The number of amides is 1. The summed E-state index contributed by atoms with van der Waals surface area (Å²) >= 11 is 3.63. The zero-order valence-corrected chi connectivity index (χ0v) is 24.8. The summed E-state index contributed by atoms with van der Waals surface area (Å²) in [6.45, 7) is 8.13. The summed E-state index contributed by atoms with van der Waals surface area (Å²) in [5.41, 5.74) is 9.11. The van der Waals surface area contributed by atoms with Crippen LogP contribution in [0, 0.1) is 13.8 Å². The lowest BCUT2D eigenvalue weighted by atomic mass is 10.0. The highest BCUT2D eigenvalue weighted by atomic mass is 127. The highest BCUT2D eigenvalue weighted by molar-refractivity contribution is 14.1. The third kappa shape index (κ3) is 7.59. The number of benzene rings is 1. The number of carbonyl (C=O) groups excluding carboxylic acids is 1. The first-order chi connectivity index (χ1) is 18.4. The monoisotopic (exact) mass is 650 g/mol. The van der Waals surface area contributed by atoms with Crippen molar-refractivity contribution >= 4 is 62.3 Å². The van der Waals surface area contributed by atoms with E-state index >= 15 is 0 Å². The van der Waals surface area contributed by atoms with Crippen LogP contribution in [-0.4, -0.2) is 74.6 Å². The van der Waals surface area contributed by atoms with Gasteiger partial charge in [0.15, 0.2) is 5.13 Å². The van der Waals surface area contributed by atoms with Crippen LogP contribution < -0.4 is 21.3 Å². The van der Waals surface area contributed by atoms with E-state index in [4.69, 9.17) is 5.73 Å². The van der Waals surface area contributed by atoms with E-state index in [1.54, 1.807) is 6.20 Å². The first-order valence-electron chi connectivity index (χ1n) is 12.8. The maximum absolute atomic E-state index is 13.0. The number of alkyl halides is 1. The number of aryl methyl sites for hydroxylation is 2. The van der Waals surface area contributed by atoms with Gasteiger partial charge < -0.3 is 26.4 Å². The topological polar surface area (TPSA) is 133 Å². The van der Waals surface area contributed by atoms with Crippen LogP contribution in [0.1, 0.15) is 45.5 Å². The summed E-state index contributed by atoms with van der Waals surface area (Å²) in [4.78, 5) is 31.5. The molecule has 3 aromatic rings. The molecular weight excluding hydrogens is 615 g/mol. The van der Waals surface area contributed by atoms with Gasteiger partial charge in [0, 0.05) is 50.5 Å². The minimum absolute atomic E-state index is 0.0501. The van der Waals surface area contributed by atoms with Crippen LogP contribution >= 0.6 is 33.9 Å². The summed E-state index contributed by atoms with van der Waals surface area (Å²) < 4.78 is 1.07. The molecule has 12 heteroatoms. The number of carbonyl (C=O) groups is 1. The molecule has 0 aliphatic carbocycles. The highest BCUT2D eigenvalue weighted by Gasteiger charge is 2.19. The lowest BCUT2D eigenvalue weighted by Crippen LogP contribution is -2.47. The van der Waals surface area contributed by atoms with Crippen molar-refractivity contribution in [3.8, 4) is 0 Å². The first-order valence-corrected chi connectivity index (χ1v) is 15.1. The number of rotatable bonds is 11. The molecule has 1 aliphatic rings. The standard InChI is InChI=1S/C26H35IN8O2S/c1-17-5-6-19(20(28)4-3-7-27)14-21(17)32-25(37)22-16-29-26(38-22)33-23-15-24(31-18(2)30-23)35-10-8-34(9-11-35)12-13-36/h5-6,14-16,20,36H,3-4,7-13,28H2,1-2H3,(H,32,37)(H,29,30,31,33)/t20-/m1/s1. The molecule has 1 aromatic carbocycles. The Morgan fingerprint density at radius 2 is 2.00 bits per heavy atom. The number of aromatic nitrogens is 3. The number of hydrogen-bond acceptors (Lipinski definition) is 10. The Bertz CT molecular complexity index is 1230. The van der Waals surface area contributed by atoms with Gasteiger partial charge in [-0.15, -0.1) is 0 Å². The predicted molar refractivity (Wildman–Crippen MR) is 162 cm³/mol. The summed E-state index contributed by atoms with van der Waals surface area (Å²) in [6, 6.07) is 7.86. The minimum Gasteiger partial charge on any atom is -0.395 e. The summed E-state index contributed by atoms with van der Waals surface area (Å²) in [5.74, 6) is 1.93. The summed E-state index contributed by atoms with van der Waals surface area (Å²) in [7, 11) is 0. The number of anilines is 4. The zero-order chi connectivity index (χ0) is 27.1. The molecule has 204 valence electrons. The molecule has 4 rings (SSSR count). The number of nitrogens with one attached hydrogen (secondary N) is 2. The van der Waals surface area contributed by atoms with E-state index in [1.165, 1.54) is 11.3 Å². The van der Waals surface area contributed by atoms with Crippen molar-refractivity contribution in [3.05, 3.63) is 52.3 Å². The third-order valence-electron chi connectivity index (χ3n) is 6.49. The van der Waals surface area contributed by atoms with Crippen molar-refractivity contribution in [1.29, 1.82) is 0 Å². The van der Waals surface area contributed by atoms with Crippen molar-refractivity contribution in [1.82, 2.24) is 19.9 Å². The quantitative estimate of drug-likeness (QED) is 0.180. The van der Waals surface area contributed by atoms with Gasteiger partial charge in [0.25, 0.3) is 5.91 Å². The van der Waals surface area contributed by atoms with E-state index in [0.717, 1.165) is 66.1 Å². The Morgan fingerprint density at radius 3 is 2.74 bits per heavy atom. The second-order valence-electron chi connectivity index (χ2n) is 9.33. The molecule has 2 aromatic heterocycles. The number of aliphatic hydroxyl groups is 1. The predicted octanol–water partition coefficient (Wildman–Crippen LogP) is 3.88. The molecule has 0 saturated carbocycles. The molecule has 1 atom stereocenters. The van der Waals surface area contributed by atoms with Crippen LogP contribution in [0.25, 0.3) is 0 Å². The maximum Gasteiger partial charge on any atom is 0.267 e. The number of halogens is 1. The highest BCUT2D eigenvalue weighted by Crippen LogP contribution is 2.27. The molecular formula is C26H35IN8O2S.